The summed E-state index contributed by atoms with van der Waals surface area (Å²) in [6.07, 6.45) is -2.96. The van der Waals surface area contributed by atoms with Gasteiger partial charge < -0.3 is 25.2 Å². The Hall–Kier alpha value is -3.53. The van der Waals surface area contributed by atoms with Crippen LogP contribution in [0.25, 0.3) is 0 Å². The van der Waals surface area contributed by atoms with E-state index in [2.05, 4.69) is 20.6 Å². The Labute approximate surface area is 175 Å². The van der Waals surface area contributed by atoms with E-state index >= 15 is 0 Å². The van der Waals surface area contributed by atoms with Crippen molar-refractivity contribution < 1.29 is 27.8 Å². The molecule has 0 unspecified atom stereocenters. The molecule has 0 atom stereocenters. The average Bonchev–Trinajstić information content (AvgIpc) is 2.77. The molecule has 2 aromatic carbocycles. The molecule has 3 aromatic rings. The molecular weight excluding hydrogens is 413 g/mol. The topological polar surface area (TPSA) is 88.5 Å². The van der Waals surface area contributed by atoms with Crippen molar-refractivity contribution in [2.24, 2.45) is 0 Å². The number of aromatic nitrogens is 2. The number of halogens is 3. The van der Waals surface area contributed by atoms with Crippen molar-refractivity contribution in [2.75, 3.05) is 23.8 Å². The van der Waals surface area contributed by atoms with Gasteiger partial charge >= 0.3 is 6.18 Å². The van der Waals surface area contributed by atoms with Crippen molar-refractivity contribution in [2.45, 2.75) is 19.3 Å². The maximum Gasteiger partial charge on any atom is 0.416 e. The Bertz CT molecular complexity index is 1080. The Kier molecular flexibility index (Phi) is 5.81. The Morgan fingerprint density at radius 1 is 1.03 bits per heavy atom. The number of aliphatic hydroxyl groups excluding tert-OH is 1. The van der Waals surface area contributed by atoms with Crippen LogP contribution in [0.5, 0.6) is 11.5 Å². The van der Waals surface area contributed by atoms with Gasteiger partial charge in [0.25, 0.3) is 0 Å². The van der Waals surface area contributed by atoms with Gasteiger partial charge in [0.1, 0.15) is 19.0 Å². The normalized spacial score (nSPS) is 13.0. The summed E-state index contributed by atoms with van der Waals surface area (Å²) in [6, 6.07) is 10.3. The number of nitrogens with one attached hydrogen (secondary N) is 2. The van der Waals surface area contributed by atoms with Gasteiger partial charge in [0.05, 0.1) is 12.2 Å². The first-order valence-electron chi connectivity index (χ1n) is 9.46. The van der Waals surface area contributed by atoms with E-state index in [-0.39, 0.29) is 19.1 Å². The monoisotopic (exact) mass is 432 g/mol. The second-order valence-electron chi connectivity index (χ2n) is 6.76. The van der Waals surface area contributed by atoms with Gasteiger partial charge in [0.15, 0.2) is 11.5 Å². The lowest BCUT2D eigenvalue weighted by Crippen LogP contribution is -2.15. The van der Waals surface area contributed by atoms with E-state index in [0.29, 0.717) is 47.3 Å². The summed E-state index contributed by atoms with van der Waals surface area (Å²) in [5, 5.41) is 15.6. The van der Waals surface area contributed by atoms with Crippen molar-refractivity contribution in [3.63, 3.8) is 0 Å². The van der Waals surface area contributed by atoms with Crippen molar-refractivity contribution in [1.29, 1.82) is 0 Å². The third-order valence-electron chi connectivity index (χ3n) is 4.54. The van der Waals surface area contributed by atoms with Gasteiger partial charge in [0, 0.05) is 30.1 Å². The Balaban J connectivity index is 1.50. The van der Waals surface area contributed by atoms with Crippen LogP contribution in [0.4, 0.5) is 30.6 Å². The highest BCUT2D eigenvalue weighted by atomic mass is 19.4. The maximum atomic E-state index is 12.9. The zero-order valence-corrected chi connectivity index (χ0v) is 16.2. The molecule has 0 saturated carbocycles. The minimum atomic E-state index is -4.41. The molecule has 1 aliphatic heterocycles. The molecule has 0 bridgehead atoms. The molecule has 7 nitrogen and oxygen atoms in total. The highest BCUT2D eigenvalue weighted by Crippen LogP contribution is 2.34. The van der Waals surface area contributed by atoms with E-state index in [1.807, 2.05) is 0 Å². The summed E-state index contributed by atoms with van der Waals surface area (Å²) in [6.45, 7) is 0.753. The molecule has 0 spiro atoms. The maximum absolute atomic E-state index is 12.9. The largest absolute Gasteiger partial charge is 0.486 e. The molecule has 4 rings (SSSR count). The van der Waals surface area contributed by atoms with Crippen LogP contribution in [-0.4, -0.2) is 28.3 Å². The fourth-order valence-corrected chi connectivity index (χ4v) is 3.01. The first-order valence-corrected chi connectivity index (χ1v) is 9.46. The number of benzene rings is 2. The number of alkyl halides is 3. The highest BCUT2D eigenvalue weighted by molar-refractivity contribution is 5.64. The highest BCUT2D eigenvalue weighted by Gasteiger charge is 2.30. The lowest BCUT2D eigenvalue weighted by atomic mass is 10.1. The predicted molar refractivity (Wildman–Crippen MR) is 107 cm³/mol. The van der Waals surface area contributed by atoms with E-state index in [1.165, 1.54) is 12.3 Å². The third kappa shape index (κ3) is 4.97. The lowest BCUT2D eigenvalue weighted by Gasteiger charge is -2.19. The second kappa shape index (κ2) is 8.68. The zero-order chi connectivity index (χ0) is 21.8. The number of anilines is 3. The molecule has 0 saturated heterocycles. The van der Waals surface area contributed by atoms with E-state index < -0.39 is 11.7 Å². The summed E-state index contributed by atoms with van der Waals surface area (Å²) < 4.78 is 49.7. The summed E-state index contributed by atoms with van der Waals surface area (Å²) in [5.74, 6) is 1.81. The number of nitrogens with zero attached hydrogens (tertiary/aromatic N) is 2. The molecule has 1 aliphatic rings. The molecule has 10 heteroatoms. The first kappa shape index (κ1) is 20.7. The van der Waals surface area contributed by atoms with Crippen molar-refractivity contribution in [3.8, 4) is 11.5 Å². The summed E-state index contributed by atoms with van der Waals surface area (Å²) in [4.78, 5) is 8.47. The molecule has 1 aromatic heterocycles. The van der Waals surface area contributed by atoms with Crippen LogP contribution in [0.2, 0.25) is 0 Å². The Morgan fingerprint density at radius 2 is 1.84 bits per heavy atom. The number of fused-ring (bicyclic) bond motifs is 1. The quantitative estimate of drug-likeness (QED) is 0.540. The molecular formula is C21H19F3N4O3. The predicted octanol–water partition coefficient (Wildman–Crippen LogP) is 4.11. The first-order chi connectivity index (χ1) is 14.9. The SMILES string of the molecule is OCc1cnc(NCc2cccc(C(F)(F)F)c2)nc1Nc1ccc2c(c1)OCCO2. The second-order valence-corrected chi connectivity index (χ2v) is 6.76. The van der Waals surface area contributed by atoms with E-state index in [1.54, 1.807) is 24.3 Å². The molecule has 162 valence electrons. The van der Waals surface area contributed by atoms with E-state index in [4.69, 9.17) is 9.47 Å². The minimum Gasteiger partial charge on any atom is -0.486 e. The molecule has 0 aliphatic carbocycles. The van der Waals surface area contributed by atoms with Crippen LogP contribution in [0, 0.1) is 0 Å². The van der Waals surface area contributed by atoms with Gasteiger partial charge in [-0.05, 0) is 29.8 Å². The standard InChI is InChI=1S/C21H19F3N4O3/c22-21(23,24)15-3-1-2-13(8-15)10-25-20-26-11-14(12-29)19(28-20)27-16-4-5-17-18(9-16)31-7-6-30-17/h1-5,8-9,11,29H,6-7,10,12H2,(H2,25,26,27,28). The van der Waals surface area contributed by atoms with E-state index in [0.717, 1.165) is 12.1 Å². The van der Waals surface area contributed by atoms with Crippen molar-refractivity contribution >= 4 is 17.5 Å². The van der Waals surface area contributed by atoms with Gasteiger partial charge in [-0.2, -0.15) is 18.2 Å². The van der Waals surface area contributed by atoms with Crippen molar-refractivity contribution in [3.05, 3.63) is 65.4 Å². The van der Waals surface area contributed by atoms with Crippen LogP contribution >= 0.6 is 0 Å². The third-order valence-corrected chi connectivity index (χ3v) is 4.54. The van der Waals surface area contributed by atoms with Gasteiger partial charge in [-0.25, -0.2) is 4.98 Å². The minimum absolute atomic E-state index is 0.103. The summed E-state index contributed by atoms with van der Waals surface area (Å²) >= 11 is 0. The Morgan fingerprint density at radius 3 is 2.61 bits per heavy atom. The molecule has 0 radical (unpaired) electrons. The molecule has 0 amide bonds. The molecule has 2 heterocycles. The molecule has 31 heavy (non-hydrogen) atoms. The van der Waals surface area contributed by atoms with Crippen LogP contribution in [-0.2, 0) is 19.3 Å². The summed E-state index contributed by atoms with van der Waals surface area (Å²) in [5.41, 5.74) is 0.844. The fraction of sp³-hybridized carbons (Fsp3) is 0.238. The smallest absolute Gasteiger partial charge is 0.416 e. The van der Waals surface area contributed by atoms with Crippen LogP contribution in [0.3, 0.4) is 0 Å². The van der Waals surface area contributed by atoms with Crippen LogP contribution in [0.15, 0.2) is 48.7 Å². The number of hydrogen-bond acceptors (Lipinski definition) is 7. The lowest BCUT2D eigenvalue weighted by molar-refractivity contribution is -0.137. The van der Waals surface area contributed by atoms with E-state index in [9.17, 15) is 18.3 Å². The van der Waals surface area contributed by atoms with Gasteiger partial charge in [-0.3, -0.25) is 0 Å². The number of ether oxygens (including phenoxy) is 2. The zero-order valence-electron chi connectivity index (χ0n) is 16.2. The van der Waals surface area contributed by atoms with Crippen molar-refractivity contribution in [1.82, 2.24) is 9.97 Å². The van der Waals surface area contributed by atoms with Crippen LogP contribution in [0.1, 0.15) is 16.7 Å². The van der Waals surface area contributed by atoms with Gasteiger partial charge in [-0.1, -0.05) is 12.1 Å². The number of aliphatic hydroxyl groups is 1. The van der Waals surface area contributed by atoms with Gasteiger partial charge in [-0.15, -0.1) is 0 Å². The van der Waals surface area contributed by atoms with Gasteiger partial charge in [0.2, 0.25) is 5.95 Å². The number of hydrogen-bond donors (Lipinski definition) is 3. The molecule has 0 fully saturated rings. The molecule has 3 N–H and O–H groups in total. The average molecular weight is 432 g/mol. The summed E-state index contributed by atoms with van der Waals surface area (Å²) in [7, 11) is 0. The number of rotatable bonds is 6. The fourth-order valence-electron chi connectivity index (χ4n) is 3.01. The van der Waals surface area contributed by atoms with Crippen LogP contribution < -0.4 is 20.1 Å².